The van der Waals surface area contributed by atoms with Crippen molar-refractivity contribution in [1.29, 1.82) is 0 Å². The summed E-state index contributed by atoms with van der Waals surface area (Å²) in [6, 6.07) is 4.03. The zero-order valence-electron chi connectivity index (χ0n) is 11.1. The molecule has 17 heavy (non-hydrogen) atoms. The first kappa shape index (κ1) is 13.9. The van der Waals surface area contributed by atoms with E-state index >= 15 is 0 Å². The van der Waals surface area contributed by atoms with Gasteiger partial charge in [0.2, 0.25) is 0 Å². The molecule has 1 aromatic carbocycles. The molecule has 0 unspecified atom stereocenters. The molecule has 0 N–H and O–H groups in total. The van der Waals surface area contributed by atoms with Crippen molar-refractivity contribution in [3.05, 3.63) is 34.7 Å². The lowest BCUT2D eigenvalue weighted by molar-refractivity contribution is 0.828. The average Bonchev–Trinajstić information content (AvgIpc) is 2.30. The van der Waals surface area contributed by atoms with Crippen molar-refractivity contribution in [2.75, 3.05) is 0 Å². The first-order valence-electron chi connectivity index (χ1n) is 6.00. The summed E-state index contributed by atoms with van der Waals surface area (Å²) in [5, 5.41) is 1.77. The number of rotatable bonds is 1. The first-order valence-corrected chi connectivity index (χ1v) is 6.38. The van der Waals surface area contributed by atoms with Gasteiger partial charge in [0.25, 0.3) is 0 Å². The standard InChI is InChI=1S/C12H13ClN2.C2H6/c1-7(2)11-9-4-8(3)5-10(13)12(9)15-6-14-11;1-2/h4-7H,1-3H3;1-2H3. The smallest absolute Gasteiger partial charge is 0.116 e. The van der Waals surface area contributed by atoms with E-state index in [0.717, 1.165) is 22.2 Å². The van der Waals surface area contributed by atoms with Gasteiger partial charge in [-0.05, 0) is 30.5 Å². The van der Waals surface area contributed by atoms with Crippen molar-refractivity contribution in [2.45, 2.75) is 40.5 Å². The van der Waals surface area contributed by atoms with E-state index in [1.165, 1.54) is 0 Å². The van der Waals surface area contributed by atoms with Gasteiger partial charge < -0.3 is 0 Å². The molecule has 0 aliphatic carbocycles. The molecular weight excluding hydrogens is 232 g/mol. The summed E-state index contributed by atoms with van der Waals surface area (Å²) in [6.07, 6.45) is 1.58. The van der Waals surface area contributed by atoms with Crippen LogP contribution in [0.4, 0.5) is 0 Å². The van der Waals surface area contributed by atoms with Crippen LogP contribution in [0.3, 0.4) is 0 Å². The highest BCUT2D eigenvalue weighted by atomic mass is 35.5. The van der Waals surface area contributed by atoms with Crippen LogP contribution in [0.15, 0.2) is 18.5 Å². The van der Waals surface area contributed by atoms with Gasteiger partial charge in [0.05, 0.1) is 16.2 Å². The van der Waals surface area contributed by atoms with Gasteiger partial charge in [0.1, 0.15) is 6.33 Å². The lowest BCUT2D eigenvalue weighted by Gasteiger charge is -2.09. The molecule has 92 valence electrons. The predicted molar refractivity (Wildman–Crippen MR) is 74.7 cm³/mol. The third-order valence-corrected chi connectivity index (χ3v) is 2.70. The molecule has 0 radical (unpaired) electrons. The molecule has 0 bridgehead atoms. The van der Waals surface area contributed by atoms with E-state index in [-0.39, 0.29) is 0 Å². The van der Waals surface area contributed by atoms with Crippen LogP contribution < -0.4 is 0 Å². The minimum Gasteiger partial charge on any atom is -0.240 e. The minimum absolute atomic E-state index is 0.383. The number of aromatic nitrogens is 2. The van der Waals surface area contributed by atoms with Crippen molar-refractivity contribution in [2.24, 2.45) is 0 Å². The third-order valence-electron chi connectivity index (χ3n) is 2.41. The number of aryl methyl sites for hydroxylation is 1. The molecule has 0 saturated heterocycles. The largest absolute Gasteiger partial charge is 0.240 e. The molecule has 0 spiro atoms. The Balaban J connectivity index is 0.000000686. The Hall–Kier alpha value is -1.15. The fourth-order valence-corrected chi connectivity index (χ4v) is 2.06. The fraction of sp³-hybridized carbons (Fsp3) is 0.429. The van der Waals surface area contributed by atoms with Crippen LogP contribution >= 0.6 is 11.6 Å². The van der Waals surface area contributed by atoms with Crippen LogP contribution in [-0.4, -0.2) is 9.97 Å². The van der Waals surface area contributed by atoms with E-state index < -0.39 is 0 Å². The summed E-state index contributed by atoms with van der Waals surface area (Å²) >= 11 is 6.15. The molecule has 0 aliphatic heterocycles. The van der Waals surface area contributed by atoms with E-state index in [2.05, 4.69) is 29.9 Å². The van der Waals surface area contributed by atoms with Crippen molar-refractivity contribution in [1.82, 2.24) is 9.97 Å². The molecule has 0 saturated carbocycles. The van der Waals surface area contributed by atoms with Gasteiger partial charge in [-0.1, -0.05) is 39.3 Å². The normalized spacial score (nSPS) is 10.3. The second-order valence-electron chi connectivity index (χ2n) is 4.06. The number of hydrogen-bond donors (Lipinski definition) is 0. The number of benzene rings is 1. The molecule has 1 aromatic heterocycles. The molecule has 2 aromatic rings. The van der Waals surface area contributed by atoms with Gasteiger partial charge in [-0.3, -0.25) is 0 Å². The predicted octanol–water partition coefficient (Wildman–Crippen LogP) is 4.74. The highest BCUT2D eigenvalue weighted by Gasteiger charge is 2.10. The maximum Gasteiger partial charge on any atom is 0.116 e. The van der Waals surface area contributed by atoms with E-state index in [1.54, 1.807) is 6.33 Å². The monoisotopic (exact) mass is 250 g/mol. The van der Waals surface area contributed by atoms with Crippen molar-refractivity contribution in [3.8, 4) is 0 Å². The minimum atomic E-state index is 0.383. The SMILES string of the molecule is CC.Cc1cc(Cl)c2ncnc(C(C)C)c2c1. The van der Waals surface area contributed by atoms with Gasteiger partial charge in [0.15, 0.2) is 0 Å². The Labute approximate surface area is 108 Å². The molecule has 1 heterocycles. The molecule has 0 atom stereocenters. The highest BCUT2D eigenvalue weighted by Crippen LogP contribution is 2.28. The Bertz CT molecular complexity index is 507. The lowest BCUT2D eigenvalue weighted by atomic mass is 10.0. The van der Waals surface area contributed by atoms with Crippen LogP contribution in [0.5, 0.6) is 0 Å². The van der Waals surface area contributed by atoms with Gasteiger partial charge in [-0.25, -0.2) is 9.97 Å². The summed E-state index contributed by atoms with van der Waals surface area (Å²) in [7, 11) is 0. The maximum atomic E-state index is 6.15. The van der Waals surface area contributed by atoms with Crippen LogP contribution in [0.2, 0.25) is 5.02 Å². The van der Waals surface area contributed by atoms with Crippen molar-refractivity contribution < 1.29 is 0 Å². The first-order chi connectivity index (χ1) is 8.09. The number of halogens is 1. The highest BCUT2D eigenvalue weighted by molar-refractivity contribution is 6.35. The Kier molecular flexibility index (Phi) is 4.88. The van der Waals surface area contributed by atoms with Gasteiger partial charge in [-0.15, -0.1) is 0 Å². The summed E-state index contributed by atoms with van der Waals surface area (Å²) < 4.78 is 0. The quantitative estimate of drug-likeness (QED) is 0.731. The van der Waals surface area contributed by atoms with E-state index in [1.807, 2.05) is 26.8 Å². The zero-order chi connectivity index (χ0) is 13.0. The summed E-state index contributed by atoms with van der Waals surface area (Å²) in [4.78, 5) is 8.54. The molecule has 2 nitrogen and oxygen atoms in total. The zero-order valence-corrected chi connectivity index (χ0v) is 11.8. The van der Waals surface area contributed by atoms with Gasteiger partial charge >= 0.3 is 0 Å². The molecule has 0 fully saturated rings. The van der Waals surface area contributed by atoms with Crippen LogP contribution in [-0.2, 0) is 0 Å². The summed E-state index contributed by atoms with van der Waals surface area (Å²) in [5.41, 5.74) is 3.05. The van der Waals surface area contributed by atoms with E-state index in [0.29, 0.717) is 10.9 Å². The Morgan fingerprint density at radius 1 is 1.12 bits per heavy atom. The van der Waals surface area contributed by atoms with Crippen LogP contribution in [0.1, 0.15) is 44.9 Å². The topological polar surface area (TPSA) is 25.8 Å². The van der Waals surface area contributed by atoms with E-state index in [4.69, 9.17) is 11.6 Å². The van der Waals surface area contributed by atoms with Crippen molar-refractivity contribution in [3.63, 3.8) is 0 Å². The van der Waals surface area contributed by atoms with Crippen molar-refractivity contribution >= 4 is 22.5 Å². The van der Waals surface area contributed by atoms with Gasteiger partial charge in [0, 0.05) is 5.39 Å². The average molecular weight is 251 g/mol. The van der Waals surface area contributed by atoms with Gasteiger partial charge in [-0.2, -0.15) is 0 Å². The van der Waals surface area contributed by atoms with E-state index in [9.17, 15) is 0 Å². The maximum absolute atomic E-state index is 6.15. The summed E-state index contributed by atoms with van der Waals surface area (Å²) in [6.45, 7) is 10.3. The Morgan fingerprint density at radius 3 is 2.35 bits per heavy atom. The number of nitrogens with zero attached hydrogens (tertiary/aromatic N) is 2. The summed E-state index contributed by atoms with van der Waals surface area (Å²) in [5.74, 6) is 0.383. The molecule has 0 amide bonds. The lowest BCUT2D eigenvalue weighted by Crippen LogP contribution is -1.96. The number of fused-ring (bicyclic) bond motifs is 1. The Morgan fingerprint density at radius 2 is 1.76 bits per heavy atom. The second-order valence-corrected chi connectivity index (χ2v) is 4.46. The van der Waals surface area contributed by atoms with Crippen LogP contribution in [0.25, 0.3) is 10.9 Å². The fourth-order valence-electron chi connectivity index (χ4n) is 1.74. The number of hydrogen-bond acceptors (Lipinski definition) is 2. The molecule has 2 rings (SSSR count). The third kappa shape index (κ3) is 2.95. The van der Waals surface area contributed by atoms with Crippen LogP contribution in [0, 0.1) is 6.92 Å². The molecule has 3 heteroatoms. The molecule has 0 aliphatic rings. The second kappa shape index (κ2) is 5.97. The molecular formula is C14H19ClN2.